The fourth-order valence-corrected chi connectivity index (χ4v) is 1.83. The minimum atomic E-state index is 0.0581. The summed E-state index contributed by atoms with van der Waals surface area (Å²) in [5, 5.41) is 0. The molecule has 2 rings (SSSR count). The van der Waals surface area contributed by atoms with Crippen LogP contribution >= 0.6 is 0 Å². The van der Waals surface area contributed by atoms with Crippen molar-refractivity contribution in [2.24, 2.45) is 11.7 Å². The molecule has 0 unspecified atom stereocenters. The molecule has 0 bridgehead atoms. The number of nitrogens with zero attached hydrogens (tertiary/aromatic N) is 2. The van der Waals surface area contributed by atoms with Gasteiger partial charge in [-0.05, 0) is 24.5 Å². The maximum atomic E-state index is 12.1. The second-order valence-corrected chi connectivity index (χ2v) is 4.70. The molecule has 1 aliphatic rings. The van der Waals surface area contributed by atoms with Gasteiger partial charge in [0.1, 0.15) is 0 Å². The Morgan fingerprint density at radius 3 is 3.00 bits per heavy atom. The summed E-state index contributed by atoms with van der Waals surface area (Å²) in [6.07, 6.45) is 5.42. The first-order valence-electron chi connectivity index (χ1n) is 6.11. The number of aromatic nitrogens is 1. The predicted octanol–water partition coefficient (Wildman–Crippen LogP) is 1.41. The first kappa shape index (κ1) is 12.0. The Labute approximate surface area is 102 Å². The number of carbonyl (C=O) groups excluding carboxylic acids is 1. The molecule has 92 valence electrons. The zero-order valence-corrected chi connectivity index (χ0v) is 10.2. The monoisotopic (exact) mass is 233 g/mol. The third-order valence-corrected chi connectivity index (χ3v) is 3.19. The zero-order chi connectivity index (χ0) is 12.3. The van der Waals surface area contributed by atoms with Gasteiger partial charge in [-0.2, -0.15) is 0 Å². The molecule has 4 heteroatoms. The van der Waals surface area contributed by atoms with Crippen molar-refractivity contribution in [3.05, 3.63) is 29.6 Å². The summed E-state index contributed by atoms with van der Waals surface area (Å²) in [5.74, 6) is 0.907. The smallest absolute Gasteiger partial charge is 0.253 e. The van der Waals surface area contributed by atoms with E-state index in [2.05, 4.69) is 4.98 Å². The molecule has 0 atom stereocenters. The first-order chi connectivity index (χ1) is 8.20. The molecular weight excluding hydrogens is 214 g/mol. The van der Waals surface area contributed by atoms with Gasteiger partial charge in [-0.15, -0.1) is 0 Å². The summed E-state index contributed by atoms with van der Waals surface area (Å²) in [7, 11) is 1.85. The molecule has 1 amide bonds. The molecule has 17 heavy (non-hydrogen) atoms. The minimum Gasteiger partial charge on any atom is -0.342 e. The SMILES string of the molecule is CN(CCC1CC1)C(=O)c1ccnc(CN)c1. The highest BCUT2D eigenvalue weighted by atomic mass is 16.2. The van der Waals surface area contributed by atoms with E-state index >= 15 is 0 Å². The fraction of sp³-hybridized carbons (Fsp3) is 0.538. The van der Waals surface area contributed by atoms with Gasteiger partial charge in [0.25, 0.3) is 5.91 Å². The summed E-state index contributed by atoms with van der Waals surface area (Å²) in [5.41, 5.74) is 6.95. The van der Waals surface area contributed by atoms with Gasteiger partial charge in [-0.1, -0.05) is 12.8 Å². The van der Waals surface area contributed by atoms with E-state index < -0.39 is 0 Å². The number of amides is 1. The van der Waals surface area contributed by atoms with Gasteiger partial charge in [0.15, 0.2) is 0 Å². The lowest BCUT2D eigenvalue weighted by atomic mass is 10.2. The Hall–Kier alpha value is -1.42. The summed E-state index contributed by atoms with van der Waals surface area (Å²) < 4.78 is 0. The summed E-state index contributed by atoms with van der Waals surface area (Å²) in [6, 6.07) is 3.52. The average Bonchev–Trinajstić information content (AvgIpc) is 3.19. The number of hydrogen-bond donors (Lipinski definition) is 1. The van der Waals surface area contributed by atoms with E-state index in [1.165, 1.54) is 12.8 Å². The normalized spacial score (nSPS) is 14.7. The van der Waals surface area contributed by atoms with Crippen LogP contribution in [0.15, 0.2) is 18.3 Å². The first-order valence-corrected chi connectivity index (χ1v) is 6.11. The number of nitrogens with two attached hydrogens (primary N) is 1. The predicted molar refractivity (Wildman–Crippen MR) is 66.4 cm³/mol. The van der Waals surface area contributed by atoms with Crippen LogP contribution in [0.4, 0.5) is 0 Å². The van der Waals surface area contributed by atoms with Crippen molar-refractivity contribution in [2.45, 2.75) is 25.8 Å². The van der Waals surface area contributed by atoms with E-state index in [-0.39, 0.29) is 5.91 Å². The highest BCUT2D eigenvalue weighted by Crippen LogP contribution is 2.32. The van der Waals surface area contributed by atoms with Crippen LogP contribution in [0.2, 0.25) is 0 Å². The van der Waals surface area contributed by atoms with Crippen molar-refractivity contribution < 1.29 is 4.79 Å². The molecular formula is C13H19N3O. The van der Waals surface area contributed by atoms with Gasteiger partial charge in [-0.3, -0.25) is 9.78 Å². The highest BCUT2D eigenvalue weighted by molar-refractivity contribution is 5.94. The van der Waals surface area contributed by atoms with E-state index in [4.69, 9.17) is 5.73 Å². The summed E-state index contributed by atoms with van der Waals surface area (Å²) >= 11 is 0. The van der Waals surface area contributed by atoms with E-state index in [9.17, 15) is 4.79 Å². The van der Waals surface area contributed by atoms with E-state index in [0.29, 0.717) is 12.1 Å². The van der Waals surface area contributed by atoms with E-state index in [0.717, 1.165) is 24.6 Å². The van der Waals surface area contributed by atoms with Gasteiger partial charge in [0.2, 0.25) is 0 Å². The van der Waals surface area contributed by atoms with Gasteiger partial charge >= 0.3 is 0 Å². The lowest BCUT2D eigenvalue weighted by Gasteiger charge is -2.17. The Morgan fingerprint density at radius 1 is 1.59 bits per heavy atom. The molecule has 1 saturated carbocycles. The van der Waals surface area contributed by atoms with Crippen LogP contribution in [-0.4, -0.2) is 29.4 Å². The van der Waals surface area contributed by atoms with Crippen molar-refractivity contribution in [2.75, 3.05) is 13.6 Å². The van der Waals surface area contributed by atoms with Gasteiger partial charge < -0.3 is 10.6 Å². The summed E-state index contributed by atoms with van der Waals surface area (Å²) in [6.45, 7) is 1.21. The van der Waals surface area contributed by atoms with Crippen molar-refractivity contribution >= 4 is 5.91 Å². The Morgan fingerprint density at radius 2 is 2.35 bits per heavy atom. The lowest BCUT2D eigenvalue weighted by Crippen LogP contribution is -2.28. The highest BCUT2D eigenvalue weighted by Gasteiger charge is 2.22. The second-order valence-electron chi connectivity index (χ2n) is 4.70. The van der Waals surface area contributed by atoms with E-state index in [1.54, 1.807) is 23.2 Å². The fourth-order valence-electron chi connectivity index (χ4n) is 1.83. The average molecular weight is 233 g/mol. The molecule has 1 heterocycles. The van der Waals surface area contributed by atoms with Crippen molar-refractivity contribution in [1.29, 1.82) is 0 Å². The van der Waals surface area contributed by atoms with Crippen LogP contribution < -0.4 is 5.73 Å². The van der Waals surface area contributed by atoms with Gasteiger partial charge in [0, 0.05) is 31.9 Å². The molecule has 0 saturated heterocycles. The molecule has 0 spiro atoms. The van der Waals surface area contributed by atoms with Gasteiger partial charge in [-0.25, -0.2) is 0 Å². The molecule has 0 aromatic carbocycles. The van der Waals surface area contributed by atoms with Crippen LogP contribution in [0, 0.1) is 5.92 Å². The largest absolute Gasteiger partial charge is 0.342 e. The van der Waals surface area contributed by atoms with E-state index in [1.807, 2.05) is 7.05 Å². The molecule has 4 nitrogen and oxygen atoms in total. The Bertz CT molecular complexity index is 401. The Kier molecular flexibility index (Phi) is 3.74. The zero-order valence-electron chi connectivity index (χ0n) is 10.2. The lowest BCUT2D eigenvalue weighted by molar-refractivity contribution is 0.0791. The molecule has 2 N–H and O–H groups in total. The molecule has 1 aromatic rings. The third-order valence-electron chi connectivity index (χ3n) is 3.19. The number of rotatable bonds is 5. The quantitative estimate of drug-likeness (QED) is 0.836. The van der Waals surface area contributed by atoms with Crippen LogP contribution in [-0.2, 0) is 6.54 Å². The van der Waals surface area contributed by atoms with Crippen molar-refractivity contribution in [1.82, 2.24) is 9.88 Å². The topological polar surface area (TPSA) is 59.2 Å². The van der Waals surface area contributed by atoms with Crippen LogP contribution in [0.3, 0.4) is 0 Å². The molecule has 0 radical (unpaired) electrons. The van der Waals surface area contributed by atoms with Crippen LogP contribution in [0.1, 0.15) is 35.3 Å². The summed E-state index contributed by atoms with van der Waals surface area (Å²) in [4.78, 5) is 18.0. The standard InChI is InChI=1S/C13H19N3O/c1-16(7-5-10-2-3-10)13(17)11-4-6-15-12(8-11)9-14/h4,6,8,10H,2-3,5,7,9,14H2,1H3. The van der Waals surface area contributed by atoms with Gasteiger partial charge in [0.05, 0.1) is 5.69 Å². The maximum absolute atomic E-state index is 12.1. The van der Waals surface area contributed by atoms with Crippen molar-refractivity contribution in [3.63, 3.8) is 0 Å². The molecule has 1 aromatic heterocycles. The molecule has 1 aliphatic carbocycles. The molecule has 1 fully saturated rings. The van der Waals surface area contributed by atoms with Crippen LogP contribution in [0.25, 0.3) is 0 Å². The number of hydrogen-bond acceptors (Lipinski definition) is 3. The number of carbonyl (C=O) groups is 1. The minimum absolute atomic E-state index is 0.0581. The molecule has 0 aliphatic heterocycles. The second kappa shape index (κ2) is 5.27. The Balaban J connectivity index is 1.96. The number of pyridine rings is 1. The van der Waals surface area contributed by atoms with Crippen LogP contribution in [0.5, 0.6) is 0 Å². The maximum Gasteiger partial charge on any atom is 0.253 e. The van der Waals surface area contributed by atoms with Crippen molar-refractivity contribution in [3.8, 4) is 0 Å². The third kappa shape index (κ3) is 3.27.